The summed E-state index contributed by atoms with van der Waals surface area (Å²) in [6.45, 7) is 7.35. The van der Waals surface area contributed by atoms with Gasteiger partial charge in [-0.05, 0) is 50.0 Å². The SMILES string of the molecule is CCCCCCCCCCCCCCCC(=O)N[C@H](CN1CCCC1)[C@H](OC(C)=O)c1ccc2c(c1)OCCO2. The molecule has 1 saturated heterocycles. The number of fused-ring (bicyclic) bond motifs is 1. The summed E-state index contributed by atoms with van der Waals surface area (Å²) in [7, 11) is 0. The Labute approximate surface area is 242 Å². The lowest BCUT2D eigenvalue weighted by molar-refractivity contribution is -0.149. The van der Waals surface area contributed by atoms with Crippen LogP contribution in [0.3, 0.4) is 0 Å². The number of rotatable bonds is 20. The van der Waals surface area contributed by atoms with Crippen molar-refractivity contribution >= 4 is 11.9 Å². The van der Waals surface area contributed by atoms with Crippen molar-refractivity contribution in [2.75, 3.05) is 32.8 Å². The van der Waals surface area contributed by atoms with Crippen LogP contribution < -0.4 is 14.8 Å². The third-order valence-corrected chi connectivity index (χ3v) is 8.06. The van der Waals surface area contributed by atoms with Crippen molar-refractivity contribution in [3.63, 3.8) is 0 Å². The molecule has 2 atom stereocenters. The van der Waals surface area contributed by atoms with Gasteiger partial charge in [0.25, 0.3) is 0 Å². The van der Waals surface area contributed by atoms with E-state index in [4.69, 9.17) is 14.2 Å². The first-order valence-electron chi connectivity index (χ1n) is 16.1. The molecule has 0 spiro atoms. The molecule has 1 amide bonds. The molecule has 7 nitrogen and oxygen atoms in total. The second-order valence-corrected chi connectivity index (χ2v) is 11.6. The minimum absolute atomic E-state index is 0.0296. The van der Waals surface area contributed by atoms with Crippen molar-refractivity contribution in [1.29, 1.82) is 0 Å². The number of likely N-dealkylation sites (tertiary alicyclic amines) is 1. The molecular weight excluding hydrogens is 504 g/mol. The molecule has 226 valence electrons. The van der Waals surface area contributed by atoms with E-state index in [1.54, 1.807) is 0 Å². The number of hydrogen-bond acceptors (Lipinski definition) is 6. The Morgan fingerprint density at radius 2 is 1.43 bits per heavy atom. The first kappa shape index (κ1) is 32.2. The maximum atomic E-state index is 13.1. The van der Waals surface area contributed by atoms with Gasteiger partial charge < -0.3 is 24.4 Å². The minimum Gasteiger partial charge on any atom is -0.486 e. The highest BCUT2D eigenvalue weighted by molar-refractivity contribution is 5.76. The molecule has 2 heterocycles. The van der Waals surface area contributed by atoms with E-state index in [1.807, 2.05) is 18.2 Å². The van der Waals surface area contributed by atoms with Crippen LogP contribution in [-0.2, 0) is 14.3 Å². The maximum absolute atomic E-state index is 13.1. The van der Waals surface area contributed by atoms with Gasteiger partial charge in [-0.3, -0.25) is 9.59 Å². The van der Waals surface area contributed by atoms with Gasteiger partial charge in [-0.2, -0.15) is 0 Å². The van der Waals surface area contributed by atoms with Crippen molar-refractivity contribution in [3.05, 3.63) is 23.8 Å². The van der Waals surface area contributed by atoms with E-state index in [0.29, 0.717) is 37.7 Å². The van der Waals surface area contributed by atoms with Crippen LogP contribution >= 0.6 is 0 Å². The van der Waals surface area contributed by atoms with Crippen LogP contribution in [0.15, 0.2) is 18.2 Å². The summed E-state index contributed by atoms with van der Waals surface area (Å²) in [5.41, 5.74) is 0.810. The van der Waals surface area contributed by atoms with Crippen molar-refractivity contribution in [3.8, 4) is 11.5 Å². The number of nitrogens with one attached hydrogen (secondary N) is 1. The number of benzene rings is 1. The van der Waals surface area contributed by atoms with Gasteiger partial charge in [0.2, 0.25) is 5.91 Å². The quantitative estimate of drug-likeness (QED) is 0.136. The van der Waals surface area contributed by atoms with E-state index in [0.717, 1.165) is 44.3 Å². The molecule has 1 N–H and O–H groups in total. The molecule has 0 saturated carbocycles. The lowest BCUT2D eigenvalue weighted by atomic mass is 10.00. The van der Waals surface area contributed by atoms with Crippen LogP contribution in [0.25, 0.3) is 0 Å². The summed E-state index contributed by atoms with van der Waals surface area (Å²) in [6, 6.07) is 5.33. The Balaban J connectivity index is 1.44. The smallest absolute Gasteiger partial charge is 0.303 e. The van der Waals surface area contributed by atoms with E-state index in [9.17, 15) is 9.59 Å². The Morgan fingerprint density at radius 1 is 0.850 bits per heavy atom. The molecule has 40 heavy (non-hydrogen) atoms. The summed E-state index contributed by atoms with van der Waals surface area (Å²) in [5.74, 6) is 1.01. The molecule has 0 unspecified atom stereocenters. The van der Waals surface area contributed by atoms with Gasteiger partial charge in [0.15, 0.2) is 11.5 Å². The number of unbranched alkanes of at least 4 members (excludes halogenated alkanes) is 12. The summed E-state index contributed by atoms with van der Waals surface area (Å²) in [5, 5.41) is 3.24. The van der Waals surface area contributed by atoms with Gasteiger partial charge in [-0.15, -0.1) is 0 Å². The molecule has 7 heteroatoms. The van der Waals surface area contributed by atoms with Crippen LogP contribution in [0.2, 0.25) is 0 Å². The maximum Gasteiger partial charge on any atom is 0.303 e. The summed E-state index contributed by atoms with van der Waals surface area (Å²) < 4.78 is 17.3. The van der Waals surface area contributed by atoms with Crippen LogP contribution in [0, 0.1) is 0 Å². The predicted molar refractivity (Wildman–Crippen MR) is 160 cm³/mol. The number of nitrogens with zero attached hydrogens (tertiary/aromatic N) is 1. The molecular formula is C33H54N2O5. The standard InChI is InChI=1S/C33H54N2O5/c1-3-4-5-6-7-8-9-10-11-12-13-14-15-18-32(37)34-29(26-35-21-16-17-22-35)33(40-27(2)36)28-19-20-30-31(25-28)39-24-23-38-30/h19-20,25,29,33H,3-18,21-24,26H2,1-2H3,(H,34,37)/t29-,33-/m1/s1. The highest BCUT2D eigenvalue weighted by Crippen LogP contribution is 2.35. The molecule has 2 aliphatic rings. The second-order valence-electron chi connectivity index (χ2n) is 11.6. The van der Waals surface area contributed by atoms with Gasteiger partial charge in [-0.25, -0.2) is 0 Å². The number of esters is 1. The fourth-order valence-electron chi connectivity index (χ4n) is 5.84. The Morgan fingerprint density at radius 3 is 2.02 bits per heavy atom. The molecule has 1 aromatic carbocycles. The highest BCUT2D eigenvalue weighted by atomic mass is 16.6. The number of carbonyl (C=O) groups is 2. The van der Waals surface area contributed by atoms with E-state index in [1.165, 1.54) is 77.6 Å². The van der Waals surface area contributed by atoms with Crippen molar-refractivity contribution in [2.24, 2.45) is 0 Å². The fraction of sp³-hybridized carbons (Fsp3) is 0.758. The number of hydrogen-bond donors (Lipinski definition) is 1. The lowest BCUT2D eigenvalue weighted by Gasteiger charge is -2.32. The third-order valence-electron chi connectivity index (χ3n) is 8.06. The summed E-state index contributed by atoms with van der Waals surface area (Å²) in [4.78, 5) is 27.6. The van der Waals surface area contributed by atoms with Gasteiger partial charge in [0.05, 0.1) is 6.04 Å². The molecule has 0 aliphatic carbocycles. The Bertz CT molecular complexity index is 870. The Kier molecular flexibility index (Phi) is 15.3. The van der Waals surface area contributed by atoms with Crippen LogP contribution in [0.4, 0.5) is 0 Å². The van der Waals surface area contributed by atoms with Crippen LogP contribution in [0.5, 0.6) is 11.5 Å². The van der Waals surface area contributed by atoms with Gasteiger partial charge in [-0.1, -0.05) is 90.0 Å². The summed E-state index contributed by atoms with van der Waals surface area (Å²) >= 11 is 0. The molecule has 1 fully saturated rings. The fourth-order valence-corrected chi connectivity index (χ4v) is 5.84. The lowest BCUT2D eigenvalue weighted by Crippen LogP contribution is -2.47. The zero-order valence-corrected chi connectivity index (χ0v) is 25.2. The predicted octanol–water partition coefficient (Wildman–Crippen LogP) is 7.12. The molecule has 0 radical (unpaired) electrons. The van der Waals surface area contributed by atoms with E-state index in [2.05, 4.69) is 17.1 Å². The van der Waals surface area contributed by atoms with E-state index >= 15 is 0 Å². The van der Waals surface area contributed by atoms with Gasteiger partial charge in [0, 0.05) is 19.9 Å². The van der Waals surface area contributed by atoms with Crippen molar-refractivity contribution < 1.29 is 23.8 Å². The normalized spacial score (nSPS) is 16.4. The first-order valence-corrected chi connectivity index (χ1v) is 16.1. The first-order chi connectivity index (χ1) is 19.6. The average molecular weight is 559 g/mol. The zero-order valence-electron chi connectivity index (χ0n) is 25.2. The largest absolute Gasteiger partial charge is 0.486 e. The van der Waals surface area contributed by atoms with Crippen LogP contribution in [0.1, 0.15) is 128 Å². The molecule has 0 bridgehead atoms. The van der Waals surface area contributed by atoms with Gasteiger partial charge >= 0.3 is 5.97 Å². The highest BCUT2D eigenvalue weighted by Gasteiger charge is 2.31. The minimum atomic E-state index is -0.593. The monoisotopic (exact) mass is 558 g/mol. The Hall–Kier alpha value is -2.28. The number of ether oxygens (including phenoxy) is 3. The van der Waals surface area contributed by atoms with Crippen molar-refractivity contribution in [1.82, 2.24) is 10.2 Å². The molecule has 0 aromatic heterocycles. The van der Waals surface area contributed by atoms with E-state index < -0.39 is 6.10 Å². The topological polar surface area (TPSA) is 77.1 Å². The summed E-state index contributed by atoms with van der Waals surface area (Å²) in [6.07, 6.45) is 18.9. The number of amides is 1. The second kappa shape index (κ2) is 19.0. The molecule has 2 aliphatic heterocycles. The van der Waals surface area contributed by atoms with Crippen LogP contribution in [-0.4, -0.2) is 55.7 Å². The van der Waals surface area contributed by atoms with E-state index in [-0.39, 0.29) is 17.9 Å². The third kappa shape index (κ3) is 12.1. The zero-order chi connectivity index (χ0) is 28.4. The van der Waals surface area contributed by atoms with Crippen molar-refractivity contribution in [2.45, 2.75) is 129 Å². The number of carbonyl (C=O) groups excluding carboxylic acids is 2. The average Bonchev–Trinajstić information content (AvgIpc) is 3.47. The van der Waals surface area contributed by atoms with Gasteiger partial charge in [0.1, 0.15) is 19.3 Å². The molecule has 3 rings (SSSR count). The molecule has 1 aromatic rings.